The van der Waals surface area contributed by atoms with E-state index in [4.69, 9.17) is 4.74 Å². The number of methoxy groups -OCH3 is 1. The van der Waals surface area contributed by atoms with Crippen molar-refractivity contribution in [1.82, 2.24) is 9.80 Å². The van der Waals surface area contributed by atoms with E-state index in [1.807, 2.05) is 36.4 Å². The average Bonchev–Trinajstić information content (AvgIpc) is 2.88. The maximum absolute atomic E-state index is 11.4. The van der Waals surface area contributed by atoms with Gasteiger partial charge in [0.1, 0.15) is 12.0 Å². The van der Waals surface area contributed by atoms with Crippen LogP contribution in [0.4, 0.5) is 0 Å². The number of hydrogen-bond donors (Lipinski definition) is 0. The highest BCUT2D eigenvalue weighted by Gasteiger charge is 2.22. The fraction of sp³-hybridized carbons (Fsp3) is 0.350. The Balaban J connectivity index is 1.59. The van der Waals surface area contributed by atoms with Crippen LogP contribution >= 0.6 is 0 Å². The second-order valence-electron chi connectivity index (χ2n) is 6.14. The van der Waals surface area contributed by atoms with Gasteiger partial charge in [-0.3, -0.25) is 4.90 Å². The third-order valence-electron chi connectivity index (χ3n) is 4.57. The van der Waals surface area contributed by atoms with Gasteiger partial charge in [-0.15, -0.1) is 0 Å². The number of aldehydes is 1. The number of rotatable bonds is 5. The number of carbonyl (C=O) groups is 1. The molecule has 0 bridgehead atoms. The molecule has 0 saturated carbocycles. The Morgan fingerprint density at radius 3 is 2.75 bits per heavy atom. The van der Waals surface area contributed by atoms with Crippen molar-refractivity contribution in [2.75, 3.05) is 33.3 Å². The molecule has 1 unspecified atom stereocenters. The topological polar surface area (TPSA) is 32.8 Å². The van der Waals surface area contributed by atoms with Gasteiger partial charge < -0.3 is 14.4 Å². The minimum atomic E-state index is -0.134. The van der Waals surface area contributed by atoms with Crippen LogP contribution in [0.15, 0.2) is 60.3 Å². The first-order valence-corrected chi connectivity index (χ1v) is 8.41. The summed E-state index contributed by atoms with van der Waals surface area (Å²) in [5.74, 6) is 0.770. The third-order valence-corrected chi connectivity index (χ3v) is 4.57. The number of ether oxygens (including phenoxy) is 1. The molecule has 4 heteroatoms. The molecule has 4 nitrogen and oxygen atoms in total. The lowest BCUT2D eigenvalue weighted by Gasteiger charge is -2.38. The van der Waals surface area contributed by atoms with Crippen molar-refractivity contribution in [1.29, 1.82) is 0 Å². The summed E-state index contributed by atoms with van der Waals surface area (Å²) in [6, 6.07) is 8.24. The molecular weight excluding hydrogens is 300 g/mol. The lowest BCUT2D eigenvalue weighted by Crippen LogP contribution is -2.46. The Hall–Kier alpha value is -2.33. The summed E-state index contributed by atoms with van der Waals surface area (Å²) in [7, 11) is 1.70. The highest BCUT2D eigenvalue weighted by atomic mass is 16.5. The van der Waals surface area contributed by atoms with E-state index >= 15 is 0 Å². The number of allylic oxidation sites excluding steroid dienone is 5. The molecule has 1 saturated heterocycles. The van der Waals surface area contributed by atoms with Crippen LogP contribution in [0.2, 0.25) is 0 Å². The van der Waals surface area contributed by atoms with Crippen molar-refractivity contribution in [3.05, 3.63) is 65.9 Å². The lowest BCUT2D eigenvalue weighted by atomic mass is 10.0. The van der Waals surface area contributed by atoms with Gasteiger partial charge in [0.2, 0.25) is 0 Å². The van der Waals surface area contributed by atoms with Gasteiger partial charge in [0.05, 0.1) is 13.0 Å². The van der Waals surface area contributed by atoms with Crippen molar-refractivity contribution in [2.24, 2.45) is 5.92 Å². The first-order valence-electron chi connectivity index (χ1n) is 8.41. The summed E-state index contributed by atoms with van der Waals surface area (Å²) in [5, 5.41) is 0. The van der Waals surface area contributed by atoms with E-state index < -0.39 is 0 Å². The van der Waals surface area contributed by atoms with Crippen LogP contribution in [0, 0.1) is 5.92 Å². The number of nitrogens with zero attached hydrogens (tertiary/aromatic N) is 2. The summed E-state index contributed by atoms with van der Waals surface area (Å²) >= 11 is 0. The Labute approximate surface area is 143 Å². The SMILES string of the molecule is COc1cccc(CN2CCN(C3=CC=CC=CC3C=O)CC2)c1. The van der Waals surface area contributed by atoms with E-state index in [1.165, 1.54) is 5.56 Å². The summed E-state index contributed by atoms with van der Waals surface area (Å²) in [4.78, 5) is 16.1. The molecule has 126 valence electrons. The quantitative estimate of drug-likeness (QED) is 0.780. The van der Waals surface area contributed by atoms with Gasteiger partial charge >= 0.3 is 0 Å². The zero-order chi connectivity index (χ0) is 16.8. The highest BCUT2D eigenvalue weighted by molar-refractivity contribution is 5.62. The fourth-order valence-electron chi connectivity index (χ4n) is 3.24. The molecule has 1 atom stereocenters. The Morgan fingerprint density at radius 1 is 1.17 bits per heavy atom. The zero-order valence-electron chi connectivity index (χ0n) is 14.1. The van der Waals surface area contributed by atoms with Crippen molar-refractivity contribution < 1.29 is 9.53 Å². The van der Waals surface area contributed by atoms with Crippen molar-refractivity contribution >= 4 is 6.29 Å². The van der Waals surface area contributed by atoms with Crippen LogP contribution < -0.4 is 4.74 Å². The van der Waals surface area contributed by atoms with E-state index in [0.29, 0.717) is 0 Å². The van der Waals surface area contributed by atoms with Crippen LogP contribution in [0.25, 0.3) is 0 Å². The van der Waals surface area contributed by atoms with E-state index in [0.717, 1.165) is 50.5 Å². The average molecular weight is 324 g/mol. The number of benzene rings is 1. The zero-order valence-corrected chi connectivity index (χ0v) is 14.1. The van der Waals surface area contributed by atoms with Gasteiger partial charge in [-0.05, 0) is 23.8 Å². The minimum absolute atomic E-state index is 0.134. The van der Waals surface area contributed by atoms with E-state index in [1.54, 1.807) is 7.11 Å². The molecule has 1 aromatic carbocycles. The summed E-state index contributed by atoms with van der Waals surface area (Å²) < 4.78 is 5.30. The number of hydrogen-bond acceptors (Lipinski definition) is 4. The van der Waals surface area contributed by atoms with Crippen LogP contribution in [0.5, 0.6) is 5.75 Å². The van der Waals surface area contributed by atoms with Crippen molar-refractivity contribution in [3.63, 3.8) is 0 Å². The van der Waals surface area contributed by atoms with Gasteiger partial charge in [0.25, 0.3) is 0 Å². The lowest BCUT2D eigenvalue weighted by molar-refractivity contribution is -0.109. The Bertz CT molecular complexity index is 655. The van der Waals surface area contributed by atoms with E-state index in [2.05, 4.69) is 28.0 Å². The largest absolute Gasteiger partial charge is 0.497 e. The third kappa shape index (κ3) is 3.95. The molecule has 1 aromatic rings. The van der Waals surface area contributed by atoms with Crippen molar-refractivity contribution in [2.45, 2.75) is 6.54 Å². The van der Waals surface area contributed by atoms with Gasteiger partial charge in [0, 0.05) is 38.4 Å². The predicted octanol–water partition coefficient (Wildman–Crippen LogP) is 2.64. The fourth-order valence-corrected chi connectivity index (χ4v) is 3.24. The van der Waals surface area contributed by atoms with Crippen molar-refractivity contribution in [3.8, 4) is 5.75 Å². The maximum Gasteiger partial charge on any atom is 0.132 e. The van der Waals surface area contributed by atoms with Gasteiger partial charge in [-0.1, -0.05) is 36.4 Å². The smallest absolute Gasteiger partial charge is 0.132 e. The molecule has 1 heterocycles. The van der Waals surface area contributed by atoms with E-state index in [9.17, 15) is 4.79 Å². The van der Waals surface area contributed by atoms with Gasteiger partial charge in [-0.25, -0.2) is 0 Å². The molecule has 0 amide bonds. The molecular formula is C20H24N2O2. The molecule has 1 aliphatic heterocycles. The summed E-state index contributed by atoms with van der Waals surface area (Å²) in [5.41, 5.74) is 2.38. The molecule has 2 aliphatic rings. The summed E-state index contributed by atoms with van der Waals surface area (Å²) in [6.07, 6.45) is 11.0. The molecule has 1 fully saturated rings. The Morgan fingerprint density at radius 2 is 2.00 bits per heavy atom. The van der Waals surface area contributed by atoms with Crippen LogP contribution in [-0.4, -0.2) is 49.4 Å². The first-order chi connectivity index (χ1) is 11.8. The maximum atomic E-state index is 11.4. The summed E-state index contributed by atoms with van der Waals surface area (Å²) in [6.45, 7) is 4.81. The second-order valence-corrected chi connectivity index (χ2v) is 6.14. The molecule has 0 aromatic heterocycles. The molecule has 0 radical (unpaired) electrons. The number of carbonyl (C=O) groups excluding carboxylic acids is 1. The monoisotopic (exact) mass is 324 g/mol. The minimum Gasteiger partial charge on any atom is -0.497 e. The standard InChI is InChI=1S/C20H24N2O2/c1-24-19-8-5-6-17(14-19)15-21-10-12-22(13-11-21)20-9-4-2-3-7-18(20)16-23/h2-9,14,16,18H,10-13,15H2,1H3. The van der Waals surface area contributed by atoms with Crippen LogP contribution in [0.1, 0.15) is 5.56 Å². The predicted molar refractivity (Wildman–Crippen MR) is 95.8 cm³/mol. The van der Waals surface area contributed by atoms with Gasteiger partial charge in [-0.2, -0.15) is 0 Å². The van der Waals surface area contributed by atoms with Gasteiger partial charge in [0.15, 0.2) is 0 Å². The second kappa shape index (κ2) is 7.97. The van der Waals surface area contributed by atoms with E-state index in [-0.39, 0.29) is 5.92 Å². The molecule has 1 aliphatic carbocycles. The molecule has 24 heavy (non-hydrogen) atoms. The van der Waals surface area contributed by atoms with Crippen LogP contribution in [-0.2, 0) is 11.3 Å². The Kier molecular flexibility index (Phi) is 5.49. The highest BCUT2D eigenvalue weighted by Crippen LogP contribution is 2.21. The first kappa shape index (κ1) is 16.5. The molecule has 0 N–H and O–H groups in total. The molecule has 3 rings (SSSR count). The van der Waals surface area contributed by atoms with Crippen LogP contribution in [0.3, 0.4) is 0 Å². The molecule has 0 spiro atoms. The normalized spacial score (nSPS) is 21.3. The number of piperazine rings is 1.